The molecule has 234 valence electrons. The van der Waals surface area contributed by atoms with E-state index in [2.05, 4.69) is 106 Å². The average Bonchev–Trinajstić information content (AvgIpc) is 3.00. The van der Waals surface area contributed by atoms with Crippen LogP contribution >= 0.6 is 7.60 Å². The first-order valence-corrected chi connectivity index (χ1v) is 17.0. The summed E-state index contributed by atoms with van der Waals surface area (Å²) in [4.78, 5) is 19.5. The van der Waals surface area contributed by atoms with Crippen LogP contribution < -0.4 is 4.74 Å². The Hall–Kier alpha value is -3.21. The lowest BCUT2D eigenvalue weighted by Crippen LogP contribution is -2.33. The van der Waals surface area contributed by atoms with Crippen LogP contribution in [0.1, 0.15) is 106 Å². The van der Waals surface area contributed by atoms with E-state index in [-0.39, 0.29) is 24.4 Å². The van der Waals surface area contributed by atoms with Crippen LogP contribution in [-0.4, -0.2) is 27.3 Å². The molecule has 0 spiro atoms. The smallest absolute Gasteiger partial charge is 0.356 e. The molecule has 0 aliphatic rings. The summed E-state index contributed by atoms with van der Waals surface area (Å²) in [6, 6.07) is 36.2. The summed E-state index contributed by atoms with van der Waals surface area (Å²) in [5, 5.41) is -1.57. The van der Waals surface area contributed by atoms with E-state index < -0.39 is 18.5 Å². The zero-order chi connectivity index (χ0) is 32.1. The highest BCUT2D eigenvalue weighted by molar-refractivity contribution is 7.53. The highest BCUT2D eigenvalue weighted by Crippen LogP contribution is 2.51. The van der Waals surface area contributed by atoms with Gasteiger partial charge in [0.2, 0.25) is 0 Å². The molecule has 3 unspecified atom stereocenters. The SMILES string of the molecule is CC(c1ccccc1)c1cc(C(C)c2ccccc2)c(OC(C)(C)CCOC(C)(C)P(=O)(O)O)c(C(C)c2ccccc2)c1. The molecule has 0 aliphatic heterocycles. The van der Waals surface area contributed by atoms with Crippen LogP contribution in [-0.2, 0) is 9.30 Å². The third kappa shape index (κ3) is 8.08. The van der Waals surface area contributed by atoms with E-state index in [4.69, 9.17) is 9.47 Å². The first-order chi connectivity index (χ1) is 20.7. The van der Waals surface area contributed by atoms with Gasteiger partial charge < -0.3 is 19.3 Å². The van der Waals surface area contributed by atoms with Gasteiger partial charge in [0.15, 0.2) is 5.34 Å². The van der Waals surface area contributed by atoms with Gasteiger partial charge in [-0.3, -0.25) is 4.57 Å². The van der Waals surface area contributed by atoms with Gasteiger partial charge in [0.05, 0.1) is 6.61 Å². The summed E-state index contributed by atoms with van der Waals surface area (Å²) in [6.45, 7) is 13.7. The van der Waals surface area contributed by atoms with Gasteiger partial charge in [-0.25, -0.2) is 0 Å². The van der Waals surface area contributed by atoms with Gasteiger partial charge in [0.1, 0.15) is 11.4 Å². The molecular weight excluding hydrogens is 567 g/mol. The van der Waals surface area contributed by atoms with Crippen molar-refractivity contribution in [1.82, 2.24) is 0 Å². The monoisotopic (exact) mass is 614 g/mol. The summed E-state index contributed by atoms with van der Waals surface area (Å²) in [5.41, 5.74) is 6.41. The Morgan fingerprint density at radius 1 is 0.636 bits per heavy atom. The lowest BCUT2D eigenvalue weighted by molar-refractivity contribution is -0.00881. The Morgan fingerprint density at radius 3 is 1.41 bits per heavy atom. The molecule has 0 bridgehead atoms. The molecule has 4 aromatic rings. The predicted octanol–water partition coefficient (Wildman–Crippen LogP) is 9.62. The summed E-state index contributed by atoms with van der Waals surface area (Å²) in [7, 11) is -4.43. The largest absolute Gasteiger partial charge is 0.487 e. The number of hydrogen-bond acceptors (Lipinski definition) is 3. The second-order valence-corrected chi connectivity index (χ2v) is 15.0. The topological polar surface area (TPSA) is 76.0 Å². The Morgan fingerprint density at radius 2 is 1.02 bits per heavy atom. The maximum atomic E-state index is 11.9. The van der Waals surface area contributed by atoms with Crippen LogP contribution in [0.15, 0.2) is 103 Å². The van der Waals surface area contributed by atoms with Gasteiger partial charge in [0.25, 0.3) is 0 Å². The van der Waals surface area contributed by atoms with Crippen molar-refractivity contribution in [3.8, 4) is 5.75 Å². The third-order valence-electron chi connectivity index (χ3n) is 8.74. The number of hydrogen-bond donors (Lipinski definition) is 2. The molecule has 44 heavy (non-hydrogen) atoms. The molecule has 0 heterocycles. The first kappa shape index (κ1) is 33.7. The maximum absolute atomic E-state index is 11.9. The van der Waals surface area contributed by atoms with E-state index in [0.717, 1.165) is 16.9 Å². The zero-order valence-corrected chi connectivity index (χ0v) is 27.9. The van der Waals surface area contributed by atoms with Crippen molar-refractivity contribution in [2.24, 2.45) is 0 Å². The Kier molecular flexibility index (Phi) is 10.6. The van der Waals surface area contributed by atoms with E-state index in [0.29, 0.717) is 6.42 Å². The molecule has 0 saturated heterocycles. The first-order valence-electron chi connectivity index (χ1n) is 15.4. The molecule has 0 aliphatic carbocycles. The molecule has 6 heteroatoms. The molecule has 4 rings (SSSR count). The highest BCUT2D eigenvalue weighted by atomic mass is 31.2. The van der Waals surface area contributed by atoms with Gasteiger partial charge in [-0.05, 0) is 49.9 Å². The number of benzene rings is 4. The number of rotatable bonds is 13. The van der Waals surface area contributed by atoms with E-state index in [1.165, 1.54) is 36.1 Å². The van der Waals surface area contributed by atoms with Crippen LogP contribution in [0.2, 0.25) is 0 Å². The molecule has 2 N–H and O–H groups in total. The average molecular weight is 615 g/mol. The van der Waals surface area contributed by atoms with Crippen molar-refractivity contribution in [2.45, 2.75) is 83.6 Å². The molecule has 3 atom stereocenters. The van der Waals surface area contributed by atoms with E-state index in [9.17, 15) is 14.4 Å². The lowest BCUT2D eigenvalue weighted by atomic mass is 9.81. The molecule has 0 aromatic heterocycles. The Balaban J connectivity index is 1.84. The van der Waals surface area contributed by atoms with Crippen LogP contribution in [0.25, 0.3) is 0 Å². The molecule has 5 nitrogen and oxygen atoms in total. The van der Waals surface area contributed by atoms with E-state index in [1.54, 1.807) is 0 Å². The quantitative estimate of drug-likeness (QED) is 0.147. The van der Waals surface area contributed by atoms with Crippen molar-refractivity contribution >= 4 is 7.60 Å². The van der Waals surface area contributed by atoms with E-state index >= 15 is 0 Å². The summed E-state index contributed by atoms with van der Waals surface area (Å²) < 4.78 is 24.7. The lowest BCUT2D eigenvalue weighted by Gasteiger charge is -2.34. The van der Waals surface area contributed by atoms with Crippen LogP contribution in [0.4, 0.5) is 0 Å². The minimum Gasteiger partial charge on any atom is -0.487 e. The maximum Gasteiger partial charge on any atom is 0.356 e. The fourth-order valence-electron chi connectivity index (χ4n) is 5.44. The standard InChI is InChI=1S/C38H47O5P/c1-27(30-17-11-8-12-18-30)33-25-34(28(2)31-19-13-9-14-20-31)36(35(26-33)29(3)32-21-15-10-16-22-32)43-37(4,5)23-24-42-38(6,7)44(39,40)41/h8-22,25-29H,23-24H2,1-7H3,(H2,39,40,41). The van der Waals surface area contributed by atoms with Gasteiger partial charge >= 0.3 is 7.60 Å². The Bertz CT molecular complexity index is 1480. The molecule has 0 fully saturated rings. The molecule has 4 aromatic carbocycles. The van der Waals surface area contributed by atoms with Gasteiger partial charge in [-0.15, -0.1) is 0 Å². The molecular formula is C38H47O5P. The normalized spacial score (nSPS) is 14.6. The fraction of sp³-hybridized carbons (Fsp3) is 0.368. The second kappa shape index (κ2) is 13.8. The summed E-state index contributed by atoms with van der Waals surface area (Å²) in [6.07, 6.45) is 0.441. The number of ether oxygens (including phenoxy) is 2. The highest BCUT2D eigenvalue weighted by Gasteiger charge is 2.39. The van der Waals surface area contributed by atoms with Crippen molar-refractivity contribution < 1.29 is 23.8 Å². The van der Waals surface area contributed by atoms with Crippen molar-refractivity contribution in [3.05, 3.63) is 137 Å². The molecule has 0 amide bonds. The van der Waals surface area contributed by atoms with Gasteiger partial charge in [-0.2, -0.15) is 0 Å². The Labute approximate surface area is 263 Å². The van der Waals surface area contributed by atoms with Crippen LogP contribution in [0.3, 0.4) is 0 Å². The van der Waals surface area contributed by atoms with Crippen LogP contribution in [0, 0.1) is 0 Å². The zero-order valence-electron chi connectivity index (χ0n) is 27.0. The van der Waals surface area contributed by atoms with Crippen molar-refractivity contribution in [1.29, 1.82) is 0 Å². The van der Waals surface area contributed by atoms with Crippen molar-refractivity contribution in [2.75, 3.05) is 6.61 Å². The molecule has 0 radical (unpaired) electrons. The second-order valence-electron chi connectivity index (χ2n) is 12.9. The minimum atomic E-state index is -4.43. The van der Waals surface area contributed by atoms with E-state index in [1.807, 2.05) is 32.0 Å². The summed E-state index contributed by atoms with van der Waals surface area (Å²) >= 11 is 0. The third-order valence-corrected chi connectivity index (χ3v) is 10.3. The molecule has 0 saturated carbocycles. The minimum absolute atomic E-state index is 0.0523. The fourth-order valence-corrected chi connectivity index (χ4v) is 5.70. The van der Waals surface area contributed by atoms with Gasteiger partial charge in [-0.1, -0.05) is 124 Å². The summed E-state index contributed by atoms with van der Waals surface area (Å²) in [5.74, 6) is 1.12. The predicted molar refractivity (Wildman–Crippen MR) is 180 cm³/mol. The van der Waals surface area contributed by atoms with Crippen LogP contribution in [0.5, 0.6) is 5.75 Å². The van der Waals surface area contributed by atoms with Gasteiger partial charge in [0, 0.05) is 35.3 Å². The van der Waals surface area contributed by atoms with Crippen molar-refractivity contribution in [3.63, 3.8) is 0 Å².